The molecule has 120 valence electrons. The second-order valence-corrected chi connectivity index (χ2v) is 6.24. The Labute approximate surface area is 132 Å². The van der Waals surface area contributed by atoms with Crippen LogP contribution in [0.4, 0.5) is 11.4 Å². The van der Waals surface area contributed by atoms with Crippen LogP contribution in [0.1, 0.15) is 32.6 Å². The number of nitrogens with zero attached hydrogens (tertiary/aromatic N) is 1. The summed E-state index contributed by atoms with van der Waals surface area (Å²) in [6.07, 6.45) is 4.39. The first-order chi connectivity index (χ1) is 10.5. The predicted octanol–water partition coefficient (Wildman–Crippen LogP) is 2.39. The van der Waals surface area contributed by atoms with Crippen molar-refractivity contribution in [2.45, 2.75) is 38.6 Å². The summed E-state index contributed by atoms with van der Waals surface area (Å²) >= 11 is 0. The first-order valence-corrected chi connectivity index (χ1v) is 7.86. The van der Waals surface area contributed by atoms with Gasteiger partial charge in [0.05, 0.1) is 0 Å². The van der Waals surface area contributed by atoms with E-state index in [4.69, 9.17) is 0 Å². The second kappa shape index (κ2) is 7.29. The molecular formula is C17H25N3O2. The highest BCUT2D eigenvalue weighted by Crippen LogP contribution is 2.23. The number of carbonyl (C=O) groups excluding carboxylic acids is 2. The highest BCUT2D eigenvalue weighted by atomic mass is 16.2. The highest BCUT2D eigenvalue weighted by Gasteiger charge is 2.25. The van der Waals surface area contributed by atoms with Crippen LogP contribution >= 0.6 is 0 Å². The quantitative estimate of drug-likeness (QED) is 0.843. The van der Waals surface area contributed by atoms with E-state index >= 15 is 0 Å². The number of carbonyl (C=O) groups is 2. The Morgan fingerprint density at radius 3 is 2.27 bits per heavy atom. The molecule has 2 amide bonds. The summed E-state index contributed by atoms with van der Waals surface area (Å²) in [5.74, 6) is -0.712. The average molecular weight is 303 g/mol. The number of rotatable bonds is 3. The molecule has 0 heterocycles. The molecule has 0 radical (unpaired) electrons. The summed E-state index contributed by atoms with van der Waals surface area (Å²) in [7, 11) is 3.90. The standard InChI is InChI=1S/C17H25N3O2/c1-12-6-4-5-7-15(12)19-17(22)16(21)18-13-8-10-14(11-9-13)20(2)3/h8-12,15H,4-7H2,1-3H3,(H,18,21)(H,19,22)/t12-,15+/m0/s1. The first-order valence-electron chi connectivity index (χ1n) is 7.86. The van der Waals surface area contributed by atoms with Crippen LogP contribution in [0.3, 0.4) is 0 Å². The molecule has 1 aromatic carbocycles. The van der Waals surface area contributed by atoms with Gasteiger partial charge in [-0.2, -0.15) is 0 Å². The molecule has 1 saturated carbocycles. The van der Waals surface area contributed by atoms with Gasteiger partial charge in [0.15, 0.2) is 0 Å². The molecule has 5 nitrogen and oxygen atoms in total. The van der Waals surface area contributed by atoms with Crippen molar-refractivity contribution in [1.82, 2.24) is 5.32 Å². The fraction of sp³-hybridized carbons (Fsp3) is 0.529. The number of hydrogen-bond acceptors (Lipinski definition) is 3. The molecule has 0 aromatic heterocycles. The van der Waals surface area contributed by atoms with Crippen molar-refractivity contribution >= 4 is 23.2 Å². The van der Waals surface area contributed by atoms with Gasteiger partial charge in [-0.15, -0.1) is 0 Å². The molecule has 1 aliphatic rings. The molecule has 1 fully saturated rings. The van der Waals surface area contributed by atoms with Gasteiger partial charge < -0.3 is 15.5 Å². The average Bonchev–Trinajstić information content (AvgIpc) is 2.50. The normalized spacial score (nSPS) is 21.0. The van der Waals surface area contributed by atoms with Gasteiger partial charge in [-0.1, -0.05) is 19.8 Å². The lowest BCUT2D eigenvalue weighted by atomic mass is 9.86. The van der Waals surface area contributed by atoms with Crippen molar-refractivity contribution in [2.75, 3.05) is 24.3 Å². The second-order valence-electron chi connectivity index (χ2n) is 6.24. The summed E-state index contributed by atoms with van der Waals surface area (Å²) < 4.78 is 0. The Balaban J connectivity index is 1.89. The van der Waals surface area contributed by atoms with E-state index in [-0.39, 0.29) is 6.04 Å². The highest BCUT2D eigenvalue weighted by molar-refractivity contribution is 6.39. The van der Waals surface area contributed by atoms with E-state index in [1.54, 1.807) is 12.1 Å². The van der Waals surface area contributed by atoms with Crippen LogP contribution in [0.2, 0.25) is 0 Å². The molecule has 1 aliphatic carbocycles. The van der Waals surface area contributed by atoms with E-state index in [1.807, 2.05) is 31.1 Å². The fourth-order valence-corrected chi connectivity index (χ4v) is 2.80. The van der Waals surface area contributed by atoms with Gasteiger partial charge in [0, 0.05) is 31.5 Å². The molecule has 2 N–H and O–H groups in total. The lowest BCUT2D eigenvalue weighted by Gasteiger charge is -2.29. The molecule has 22 heavy (non-hydrogen) atoms. The number of anilines is 2. The van der Waals surface area contributed by atoms with Crippen molar-refractivity contribution in [3.8, 4) is 0 Å². The number of hydrogen-bond donors (Lipinski definition) is 2. The van der Waals surface area contributed by atoms with E-state index in [0.717, 1.165) is 24.9 Å². The monoisotopic (exact) mass is 303 g/mol. The topological polar surface area (TPSA) is 61.4 Å². The number of benzene rings is 1. The van der Waals surface area contributed by atoms with Crippen molar-refractivity contribution in [3.63, 3.8) is 0 Å². The SMILES string of the molecule is C[C@H]1CCCC[C@H]1NC(=O)C(=O)Nc1ccc(N(C)C)cc1. The maximum absolute atomic E-state index is 12.0. The maximum atomic E-state index is 12.0. The van der Waals surface area contributed by atoms with E-state index in [2.05, 4.69) is 17.6 Å². The van der Waals surface area contributed by atoms with Crippen LogP contribution in [0, 0.1) is 5.92 Å². The van der Waals surface area contributed by atoms with Gasteiger partial charge in [-0.05, 0) is 43.0 Å². The molecule has 0 aliphatic heterocycles. The Morgan fingerprint density at radius 2 is 1.68 bits per heavy atom. The molecule has 0 spiro atoms. The summed E-state index contributed by atoms with van der Waals surface area (Å²) in [6.45, 7) is 2.13. The van der Waals surface area contributed by atoms with E-state index < -0.39 is 11.8 Å². The molecule has 2 rings (SSSR count). The lowest BCUT2D eigenvalue weighted by Crippen LogP contribution is -2.45. The van der Waals surface area contributed by atoms with Crippen molar-refractivity contribution in [3.05, 3.63) is 24.3 Å². The molecule has 0 unspecified atom stereocenters. The smallest absolute Gasteiger partial charge is 0.313 e. The summed E-state index contributed by atoms with van der Waals surface area (Å²) in [6, 6.07) is 7.50. The van der Waals surface area contributed by atoms with Crippen LogP contribution in [-0.4, -0.2) is 32.0 Å². The third-order valence-electron chi connectivity index (χ3n) is 4.28. The summed E-state index contributed by atoms with van der Waals surface area (Å²) in [5, 5.41) is 5.50. The van der Waals surface area contributed by atoms with Crippen LogP contribution in [0.5, 0.6) is 0 Å². The predicted molar refractivity (Wildman–Crippen MR) is 89.0 cm³/mol. The Kier molecular flexibility index (Phi) is 5.41. The van der Waals surface area contributed by atoms with Gasteiger partial charge in [0.25, 0.3) is 0 Å². The van der Waals surface area contributed by atoms with Gasteiger partial charge in [0.1, 0.15) is 0 Å². The van der Waals surface area contributed by atoms with E-state index in [9.17, 15) is 9.59 Å². The minimum atomic E-state index is -0.602. The van der Waals surface area contributed by atoms with Gasteiger partial charge in [-0.3, -0.25) is 9.59 Å². The third kappa shape index (κ3) is 4.23. The minimum Gasteiger partial charge on any atom is -0.378 e. The molecular weight excluding hydrogens is 278 g/mol. The Bertz CT molecular complexity index is 525. The van der Waals surface area contributed by atoms with Crippen LogP contribution in [0.15, 0.2) is 24.3 Å². The number of amides is 2. The van der Waals surface area contributed by atoms with Gasteiger partial charge in [0.2, 0.25) is 0 Å². The van der Waals surface area contributed by atoms with Gasteiger partial charge in [-0.25, -0.2) is 0 Å². The van der Waals surface area contributed by atoms with Crippen LogP contribution < -0.4 is 15.5 Å². The molecule has 5 heteroatoms. The van der Waals surface area contributed by atoms with Crippen LogP contribution in [0.25, 0.3) is 0 Å². The first kappa shape index (κ1) is 16.3. The van der Waals surface area contributed by atoms with Crippen LogP contribution in [-0.2, 0) is 9.59 Å². The summed E-state index contributed by atoms with van der Waals surface area (Å²) in [4.78, 5) is 26.0. The Hall–Kier alpha value is -2.04. The molecule has 2 atom stereocenters. The lowest BCUT2D eigenvalue weighted by molar-refractivity contribution is -0.137. The largest absolute Gasteiger partial charge is 0.378 e. The van der Waals surface area contributed by atoms with Crippen molar-refractivity contribution < 1.29 is 9.59 Å². The molecule has 1 aromatic rings. The van der Waals surface area contributed by atoms with Crippen molar-refractivity contribution in [1.29, 1.82) is 0 Å². The fourth-order valence-electron chi connectivity index (χ4n) is 2.80. The molecule has 0 bridgehead atoms. The zero-order valence-corrected chi connectivity index (χ0v) is 13.6. The minimum absolute atomic E-state index is 0.114. The van der Waals surface area contributed by atoms with E-state index in [1.165, 1.54) is 6.42 Å². The van der Waals surface area contributed by atoms with Crippen molar-refractivity contribution in [2.24, 2.45) is 5.92 Å². The zero-order chi connectivity index (χ0) is 16.1. The third-order valence-corrected chi connectivity index (χ3v) is 4.28. The van der Waals surface area contributed by atoms with Gasteiger partial charge >= 0.3 is 11.8 Å². The zero-order valence-electron chi connectivity index (χ0n) is 13.6. The Morgan fingerprint density at radius 1 is 1.05 bits per heavy atom. The number of nitrogens with one attached hydrogen (secondary N) is 2. The van der Waals surface area contributed by atoms with E-state index in [0.29, 0.717) is 11.6 Å². The maximum Gasteiger partial charge on any atom is 0.313 e. The molecule has 0 saturated heterocycles. The summed E-state index contributed by atoms with van der Waals surface area (Å²) in [5.41, 5.74) is 1.67.